The summed E-state index contributed by atoms with van der Waals surface area (Å²) in [6.45, 7) is 19.3. The third kappa shape index (κ3) is 3.60. The van der Waals surface area contributed by atoms with E-state index in [4.69, 9.17) is 4.74 Å². The molecule has 3 aliphatic rings. The van der Waals surface area contributed by atoms with Gasteiger partial charge in [-0.2, -0.15) is 0 Å². The Bertz CT molecular complexity index is 605. The van der Waals surface area contributed by atoms with E-state index in [1.54, 1.807) is 11.8 Å². The molecule has 0 saturated carbocycles. The molecule has 0 aliphatic carbocycles. The van der Waals surface area contributed by atoms with E-state index in [0.717, 1.165) is 12.8 Å². The zero-order valence-electron chi connectivity index (χ0n) is 18.8. The van der Waals surface area contributed by atoms with Crippen molar-refractivity contribution in [3.8, 4) is 0 Å². The van der Waals surface area contributed by atoms with E-state index in [9.17, 15) is 9.90 Å². The van der Waals surface area contributed by atoms with Crippen molar-refractivity contribution in [1.82, 2.24) is 4.90 Å². The molecule has 0 bridgehead atoms. The molecule has 3 fully saturated rings. The van der Waals surface area contributed by atoms with Crippen molar-refractivity contribution in [3.63, 3.8) is 0 Å². The number of nitrogens with zero attached hydrogens (tertiary/aromatic N) is 1. The van der Waals surface area contributed by atoms with E-state index in [2.05, 4.69) is 66.0 Å². The number of amides is 1. The van der Waals surface area contributed by atoms with Crippen molar-refractivity contribution in [3.05, 3.63) is 0 Å². The second kappa shape index (κ2) is 5.61. The van der Waals surface area contributed by atoms with E-state index >= 15 is 0 Å². The minimum absolute atomic E-state index is 0.0113. The van der Waals surface area contributed by atoms with E-state index in [0.29, 0.717) is 12.8 Å². The lowest BCUT2D eigenvalue weighted by molar-refractivity contribution is -0.794. The highest BCUT2D eigenvalue weighted by molar-refractivity contribution is 5.73. The number of carbonyl (C=O) groups is 1. The number of nitrogens with two attached hydrogens (primary N) is 2. The number of rotatable bonds is 1. The van der Waals surface area contributed by atoms with Crippen LogP contribution in [0.3, 0.4) is 0 Å². The van der Waals surface area contributed by atoms with Crippen molar-refractivity contribution in [2.75, 3.05) is 0 Å². The highest BCUT2D eigenvalue weighted by Gasteiger charge is 2.70. The molecule has 3 heterocycles. The number of ether oxygens (including phenoxy) is 1. The number of hydrogen-bond donors (Lipinski definition) is 3. The van der Waals surface area contributed by atoms with Crippen molar-refractivity contribution in [2.24, 2.45) is 0 Å². The van der Waals surface area contributed by atoms with Crippen LogP contribution in [0.2, 0.25) is 0 Å². The van der Waals surface area contributed by atoms with Crippen LogP contribution < -0.4 is 10.6 Å². The predicted octanol–water partition coefficient (Wildman–Crippen LogP) is 1.08. The largest absolute Gasteiger partial charge is 0.437 e. The zero-order valence-corrected chi connectivity index (χ0v) is 18.8. The Balaban J connectivity index is 1.99. The fourth-order valence-electron chi connectivity index (χ4n) is 6.96. The van der Waals surface area contributed by atoms with Crippen LogP contribution >= 0.6 is 0 Å². The van der Waals surface area contributed by atoms with Gasteiger partial charge in [-0.3, -0.25) is 4.90 Å². The molecule has 3 rings (SSSR count). The van der Waals surface area contributed by atoms with Gasteiger partial charge in [0.25, 0.3) is 0 Å². The van der Waals surface area contributed by atoms with Crippen LogP contribution in [-0.2, 0) is 4.74 Å². The standard InChI is InChI=1S/C21H39N3O3/c1-16(2)10-14(11-17(3,4)22-16)24-15(25)27-21(20(24,9)26)12-18(5,6)23-19(7,8)13-21/h14,22-23,26H,10-13H2,1-9H3/p+2. The maximum atomic E-state index is 13.1. The maximum absolute atomic E-state index is 13.1. The van der Waals surface area contributed by atoms with Gasteiger partial charge >= 0.3 is 6.09 Å². The molecule has 6 heteroatoms. The number of carbonyl (C=O) groups excluding carboxylic acids is 1. The van der Waals surface area contributed by atoms with E-state index < -0.39 is 11.3 Å². The molecule has 3 aliphatic heterocycles. The van der Waals surface area contributed by atoms with Gasteiger partial charge in [-0.1, -0.05) is 0 Å². The van der Waals surface area contributed by atoms with E-state index in [1.807, 2.05) is 0 Å². The zero-order chi connectivity index (χ0) is 20.7. The van der Waals surface area contributed by atoms with Crippen LogP contribution in [0, 0.1) is 0 Å². The number of aliphatic hydroxyl groups is 1. The lowest BCUT2D eigenvalue weighted by atomic mass is 9.68. The second-order valence-electron chi connectivity index (χ2n) is 12.4. The molecule has 1 amide bonds. The van der Waals surface area contributed by atoms with Crippen molar-refractivity contribution >= 4 is 6.09 Å². The van der Waals surface area contributed by atoms with E-state index in [1.165, 1.54) is 0 Å². The SMILES string of the molecule is CC1(C)CC(N2C(=O)OC3(CC(C)(C)[NH2+]C(C)(C)C3)C2(C)O)CC(C)(C)[NH2+]1. The van der Waals surface area contributed by atoms with Crippen LogP contribution in [0.15, 0.2) is 0 Å². The van der Waals surface area contributed by atoms with Crippen LogP contribution in [0.25, 0.3) is 0 Å². The quantitative estimate of drug-likeness (QED) is 0.634. The molecule has 0 aromatic heterocycles. The normalized spacial score (nSPS) is 36.7. The summed E-state index contributed by atoms with van der Waals surface area (Å²) in [5.74, 6) is 0. The number of piperidine rings is 2. The minimum Gasteiger partial charge on any atom is -0.437 e. The Kier molecular flexibility index (Phi) is 4.33. The van der Waals surface area contributed by atoms with Gasteiger partial charge in [-0.25, -0.2) is 4.79 Å². The van der Waals surface area contributed by atoms with Gasteiger partial charge in [0.05, 0.1) is 22.2 Å². The summed E-state index contributed by atoms with van der Waals surface area (Å²) in [5.41, 5.74) is -2.39. The third-order valence-electron chi connectivity index (χ3n) is 6.75. The van der Waals surface area contributed by atoms with Crippen molar-refractivity contribution in [1.29, 1.82) is 0 Å². The molecule has 3 saturated heterocycles. The lowest BCUT2D eigenvalue weighted by Gasteiger charge is -2.53. The molecule has 1 atom stereocenters. The highest BCUT2D eigenvalue weighted by Crippen LogP contribution is 2.50. The molecule has 0 aromatic rings. The molecule has 6 nitrogen and oxygen atoms in total. The highest BCUT2D eigenvalue weighted by atomic mass is 16.6. The first kappa shape index (κ1) is 20.9. The Morgan fingerprint density at radius 3 is 1.70 bits per heavy atom. The summed E-state index contributed by atoms with van der Waals surface area (Å²) < 4.78 is 6.09. The summed E-state index contributed by atoms with van der Waals surface area (Å²) >= 11 is 0. The first-order valence-corrected chi connectivity index (χ1v) is 10.4. The molecule has 5 N–H and O–H groups in total. The van der Waals surface area contributed by atoms with Gasteiger partial charge < -0.3 is 20.5 Å². The summed E-state index contributed by atoms with van der Waals surface area (Å²) in [6, 6.07) is -0.0287. The van der Waals surface area contributed by atoms with Gasteiger partial charge in [-0.05, 0) is 62.3 Å². The Morgan fingerprint density at radius 1 is 0.852 bits per heavy atom. The monoisotopic (exact) mass is 383 g/mol. The fraction of sp³-hybridized carbons (Fsp3) is 0.952. The van der Waals surface area contributed by atoms with Crippen molar-refractivity contribution in [2.45, 2.75) is 128 Å². The molecular formula is C21H41N3O3+2. The van der Waals surface area contributed by atoms with Gasteiger partial charge in [0.15, 0.2) is 11.3 Å². The maximum Gasteiger partial charge on any atom is 0.413 e. The van der Waals surface area contributed by atoms with Gasteiger partial charge in [-0.15, -0.1) is 0 Å². The Labute approximate surface area is 164 Å². The first-order chi connectivity index (χ1) is 11.9. The summed E-state index contributed by atoms with van der Waals surface area (Å²) in [7, 11) is 0. The average molecular weight is 384 g/mol. The molecule has 27 heavy (non-hydrogen) atoms. The first-order valence-electron chi connectivity index (χ1n) is 10.4. The van der Waals surface area contributed by atoms with Crippen LogP contribution in [-0.4, -0.2) is 55.6 Å². The number of quaternary nitrogens is 2. The lowest BCUT2D eigenvalue weighted by Crippen LogP contribution is -3.07. The van der Waals surface area contributed by atoms with Crippen LogP contribution in [0.5, 0.6) is 0 Å². The van der Waals surface area contributed by atoms with Gasteiger partial charge in [0.2, 0.25) is 0 Å². The molecule has 1 unspecified atom stereocenters. The van der Waals surface area contributed by atoms with Crippen LogP contribution in [0.4, 0.5) is 4.79 Å². The summed E-state index contributed by atoms with van der Waals surface area (Å²) in [5, 5.41) is 16.6. The minimum atomic E-state index is -1.32. The summed E-state index contributed by atoms with van der Waals surface area (Å²) in [6.07, 6.45) is 2.62. The fourth-order valence-corrected chi connectivity index (χ4v) is 6.96. The predicted molar refractivity (Wildman–Crippen MR) is 104 cm³/mol. The van der Waals surface area contributed by atoms with Gasteiger partial charge in [0, 0.05) is 31.7 Å². The molecular weight excluding hydrogens is 342 g/mol. The Morgan fingerprint density at radius 2 is 1.26 bits per heavy atom. The third-order valence-corrected chi connectivity index (χ3v) is 6.75. The number of hydrogen-bond acceptors (Lipinski definition) is 3. The topological polar surface area (TPSA) is 83.0 Å². The average Bonchev–Trinajstić information content (AvgIpc) is 2.45. The molecule has 0 aromatic carbocycles. The smallest absolute Gasteiger partial charge is 0.413 e. The Hall–Kier alpha value is -0.850. The van der Waals surface area contributed by atoms with Gasteiger partial charge in [0.1, 0.15) is 0 Å². The summed E-state index contributed by atoms with van der Waals surface area (Å²) in [4.78, 5) is 14.8. The second-order valence-corrected chi connectivity index (χ2v) is 12.4. The molecule has 156 valence electrons. The molecule has 1 spiro atoms. The van der Waals surface area contributed by atoms with Crippen LogP contribution in [0.1, 0.15) is 88.0 Å². The molecule has 0 radical (unpaired) electrons. The van der Waals surface area contributed by atoms with E-state index in [-0.39, 0.29) is 34.3 Å². The van der Waals surface area contributed by atoms with Crippen molar-refractivity contribution < 1.29 is 25.3 Å².